The zero-order chi connectivity index (χ0) is 13.1. The Bertz CT molecular complexity index is 344. The summed E-state index contributed by atoms with van der Waals surface area (Å²) in [6, 6.07) is 10.4. The Morgan fingerprint density at radius 3 is 2.47 bits per heavy atom. The van der Waals surface area contributed by atoms with Crippen LogP contribution in [-0.2, 0) is 11.2 Å². The minimum atomic E-state index is 0. The van der Waals surface area contributed by atoms with Gasteiger partial charge >= 0.3 is 0 Å². The third-order valence-corrected chi connectivity index (χ3v) is 2.59. The fraction of sp³-hybridized carbons (Fsp3) is 0.500. The molecule has 5 heteroatoms. The number of rotatable bonds is 7. The second-order valence-corrected chi connectivity index (χ2v) is 4.01. The van der Waals surface area contributed by atoms with Crippen molar-refractivity contribution < 1.29 is 4.74 Å². The molecule has 0 saturated carbocycles. The predicted molar refractivity (Wildman–Crippen MR) is 91.4 cm³/mol. The summed E-state index contributed by atoms with van der Waals surface area (Å²) in [4.78, 5) is 4.17. The van der Waals surface area contributed by atoms with Crippen LogP contribution in [0.25, 0.3) is 0 Å². The summed E-state index contributed by atoms with van der Waals surface area (Å²) in [5.41, 5.74) is 1.33. The lowest BCUT2D eigenvalue weighted by Gasteiger charge is -2.11. The molecule has 0 saturated heterocycles. The first-order valence-electron chi connectivity index (χ1n) is 6.34. The van der Waals surface area contributed by atoms with Gasteiger partial charge in [0, 0.05) is 33.9 Å². The maximum Gasteiger partial charge on any atom is 0.190 e. The van der Waals surface area contributed by atoms with Gasteiger partial charge in [-0.05, 0) is 18.4 Å². The number of ether oxygens (including phenoxy) is 1. The number of methoxy groups -OCH3 is 1. The van der Waals surface area contributed by atoms with Crippen LogP contribution in [0.5, 0.6) is 0 Å². The molecule has 4 nitrogen and oxygen atoms in total. The summed E-state index contributed by atoms with van der Waals surface area (Å²) >= 11 is 0. The summed E-state index contributed by atoms with van der Waals surface area (Å²) in [7, 11) is 3.50. The highest BCUT2D eigenvalue weighted by atomic mass is 127. The van der Waals surface area contributed by atoms with Gasteiger partial charge in [-0.2, -0.15) is 0 Å². The number of nitrogens with zero attached hydrogens (tertiary/aromatic N) is 1. The van der Waals surface area contributed by atoms with Gasteiger partial charge in [-0.15, -0.1) is 24.0 Å². The van der Waals surface area contributed by atoms with Crippen LogP contribution in [0.3, 0.4) is 0 Å². The van der Waals surface area contributed by atoms with Crippen LogP contribution < -0.4 is 10.6 Å². The number of hydrogen-bond acceptors (Lipinski definition) is 2. The van der Waals surface area contributed by atoms with Gasteiger partial charge in [0.25, 0.3) is 0 Å². The molecule has 0 amide bonds. The smallest absolute Gasteiger partial charge is 0.190 e. The molecule has 0 aromatic heterocycles. The average Bonchev–Trinajstić information content (AvgIpc) is 2.42. The monoisotopic (exact) mass is 377 g/mol. The zero-order valence-electron chi connectivity index (χ0n) is 11.7. The minimum Gasteiger partial charge on any atom is -0.385 e. The van der Waals surface area contributed by atoms with E-state index in [1.165, 1.54) is 5.56 Å². The van der Waals surface area contributed by atoms with Crippen molar-refractivity contribution in [1.29, 1.82) is 0 Å². The maximum absolute atomic E-state index is 5.00. The van der Waals surface area contributed by atoms with E-state index in [9.17, 15) is 0 Å². The highest BCUT2D eigenvalue weighted by Crippen LogP contribution is 1.97. The van der Waals surface area contributed by atoms with Crippen molar-refractivity contribution >= 4 is 29.9 Å². The third-order valence-electron chi connectivity index (χ3n) is 2.59. The predicted octanol–water partition coefficient (Wildman–Crippen LogP) is 2.05. The Balaban J connectivity index is 0.00000324. The molecule has 2 N–H and O–H groups in total. The molecular formula is C14H24IN3O. The van der Waals surface area contributed by atoms with Crippen molar-refractivity contribution in [2.45, 2.75) is 12.8 Å². The molecule has 19 heavy (non-hydrogen) atoms. The van der Waals surface area contributed by atoms with E-state index in [0.717, 1.165) is 38.5 Å². The molecule has 0 bridgehead atoms. The highest BCUT2D eigenvalue weighted by Gasteiger charge is 1.96. The number of halogens is 1. The molecule has 0 aliphatic heterocycles. The van der Waals surface area contributed by atoms with Gasteiger partial charge in [0.05, 0.1) is 0 Å². The Labute approximate surface area is 133 Å². The van der Waals surface area contributed by atoms with Gasteiger partial charge in [-0.1, -0.05) is 30.3 Å². The van der Waals surface area contributed by atoms with Crippen LogP contribution >= 0.6 is 24.0 Å². The molecule has 0 radical (unpaired) electrons. The molecule has 0 unspecified atom stereocenters. The molecule has 1 aromatic carbocycles. The molecule has 1 rings (SSSR count). The number of benzene rings is 1. The molecule has 0 aliphatic carbocycles. The van der Waals surface area contributed by atoms with Gasteiger partial charge in [-0.3, -0.25) is 4.99 Å². The number of hydrogen-bond donors (Lipinski definition) is 2. The van der Waals surface area contributed by atoms with E-state index in [-0.39, 0.29) is 24.0 Å². The second kappa shape index (κ2) is 12.2. The first-order valence-corrected chi connectivity index (χ1v) is 6.34. The van der Waals surface area contributed by atoms with Gasteiger partial charge in [0.2, 0.25) is 0 Å². The molecule has 0 aliphatic rings. The van der Waals surface area contributed by atoms with Crippen molar-refractivity contribution in [2.24, 2.45) is 4.99 Å². The van der Waals surface area contributed by atoms with Crippen LogP contribution in [0.1, 0.15) is 12.0 Å². The fourth-order valence-corrected chi connectivity index (χ4v) is 1.61. The Hall–Kier alpha value is -0.820. The highest BCUT2D eigenvalue weighted by molar-refractivity contribution is 14.0. The summed E-state index contributed by atoms with van der Waals surface area (Å²) in [6.45, 7) is 2.53. The average molecular weight is 377 g/mol. The van der Waals surface area contributed by atoms with Gasteiger partial charge in [-0.25, -0.2) is 0 Å². The molecule has 1 aromatic rings. The van der Waals surface area contributed by atoms with Gasteiger partial charge < -0.3 is 15.4 Å². The van der Waals surface area contributed by atoms with E-state index >= 15 is 0 Å². The van der Waals surface area contributed by atoms with Crippen molar-refractivity contribution in [3.05, 3.63) is 35.9 Å². The zero-order valence-corrected chi connectivity index (χ0v) is 14.0. The van der Waals surface area contributed by atoms with E-state index in [2.05, 4.69) is 39.9 Å². The molecule has 108 valence electrons. The summed E-state index contributed by atoms with van der Waals surface area (Å²) < 4.78 is 5.00. The van der Waals surface area contributed by atoms with Crippen LogP contribution in [0.4, 0.5) is 0 Å². The number of aliphatic imine (C=N–C) groups is 1. The third kappa shape index (κ3) is 8.83. The minimum absolute atomic E-state index is 0. The lowest BCUT2D eigenvalue weighted by Crippen LogP contribution is -2.38. The van der Waals surface area contributed by atoms with E-state index in [1.54, 1.807) is 14.2 Å². The Morgan fingerprint density at radius 1 is 1.16 bits per heavy atom. The second-order valence-electron chi connectivity index (χ2n) is 4.01. The van der Waals surface area contributed by atoms with E-state index in [1.807, 2.05) is 6.07 Å². The summed E-state index contributed by atoms with van der Waals surface area (Å²) in [5, 5.41) is 6.54. The van der Waals surface area contributed by atoms with Crippen LogP contribution in [0, 0.1) is 0 Å². The molecule has 0 atom stereocenters. The van der Waals surface area contributed by atoms with Crippen molar-refractivity contribution in [3.63, 3.8) is 0 Å². The van der Waals surface area contributed by atoms with Gasteiger partial charge in [0.15, 0.2) is 5.96 Å². The molecule has 0 heterocycles. The molecule has 0 spiro atoms. The topological polar surface area (TPSA) is 45.7 Å². The largest absolute Gasteiger partial charge is 0.385 e. The van der Waals surface area contributed by atoms with Crippen LogP contribution in [-0.4, -0.2) is 39.8 Å². The van der Waals surface area contributed by atoms with Crippen molar-refractivity contribution in [2.75, 3.05) is 33.9 Å². The standard InChI is InChI=1S/C14H23N3O.HI/c1-15-14(16-10-6-12-18-2)17-11-9-13-7-4-3-5-8-13;/h3-5,7-8H,6,9-12H2,1-2H3,(H2,15,16,17);1H. The first kappa shape index (κ1) is 18.2. The van der Waals surface area contributed by atoms with Crippen molar-refractivity contribution in [3.8, 4) is 0 Å². The van der Waals surface area contributed by atoms with Crippen LogP contribution in [0.15, 0.2) is 35.3 Å². The normalized spacial score (nSPS) is 10.7. The maximum atomic E-state index is 5.00. The van der Waals surface area contributed by atoms with Gasteiger partial charge in [0.1, 0.15) is 0 Å². The fourth-order valence-electron chi connectivity index (χ4n) is 1.61. The number of nitrogens with one attached hydrogen (secondary N) is 2. The summed E-state index contributed by atoms with van der Waals surface area (Å²) in [6.07, 6.45) is 1.98. The van der Waals surface area contributed by atoms with E-state index in [4.69, 9.17) is 4.74 Å². The Kier molecular flexibility index (Phi) is 11.7. The van der Waals surface area contributed by atoms with Crippen LogP contribution in [0.2, 0.25) is 0 Å². The van der Waals surface area contributed by atoms with E-state index in [0.29, 0.717) is 0 Å². The number of guanidine groups is 1. The molecular weight excluding hydrogens is 353 g/mol. The lowest BCUT2D eigenvalue weighted by atomic mass is 10.1. The lowest BCUT2D eigenvalue weighted by molar-refractivity contribution is 0.195. The molecule has 0 fully saturated rings. The Morgan fingerprint density at radius 2 is 1.84 bits per heavy atom. The van der Waals surface area contributed by atoms with Crippen molar-refractivity contribution in [1.82, 2.24) is 10.6 Å². The SMILES string of the molecule is CN=C(NCCCOC)NCCc1ccccc1.I. The summed E-state index contributed by atoms with van der Waals surface area (Å²) in [5.74, 6) is 0.849. The van der Waals surface area contributed by atoms with E-state index < -0.39 is 0 Å². The quantitative estimate of drug-likeness (QED) is 0.331. The first-order chi connectivity index (χ1) is 8.86.